The zero-order valence-electron chi connectivity index (χ0n) is 20.9. The Labute approximate surface area is 207 Å². The molecule has 1 aromatic carbocycles. The van der Waals surface area contributed by atoms with Crippen LogP contribution in [0.2, 0.25) is 0 Å². The fourth-order valence-electron chi connectivity index (χ4n) is 5.68. The van der Waals surface area contributed by atoms with Gasteiger partial charge in [-0.05, 0) is 70.0 Å². The topological polar surface area (TPSA) is 111 Å². The Kier molecular flexibility index (Phi) is 7.74. The molecule has 9 heteroatoms. The van der Waals surface area contributed by atoms with Crippen molar-refractivity contribution in [1.82, 2.24) is 25.8 Å². The molecular formula is C26H37N5O4. The smallest absolute Gasteiger partial charge is 0.247 e. The number of hydrogen-bond acceptors (Lipinski definition) is 5. The minimum atomic E-state index is -0.723. The zero-order valence-corrected chi connectivity index (χ0v) is 20.9. The van der Waals surface area contributed by atoms with E-state index in [0.29, 0.717) is 32.2 Å². The van der Waals surface area contributed by atoms with Crippen LogP contribution in [-0.4, -0.2) is 71.3 Å². The lowest BCUT2D eigenvalue weighted by Crippen LogP contribution is -2.62. The van der Waals surface area contributed by atoms with Gasteiger partial charge < -0.3 is 25.8 Å². The summed E-state index contributed by atoms with van der Waals surface area (Å²) >= 11 is 0. The number of carbonyl (C=O) groups is 4. The summed E-state index contributed by atoms with van der Waals surface area (Å²) in [5.41, 5.74) is 2.39. The standard InChI is InChI=1S/C26H37N5O4/c1-16(27-3)24(33)29-21-12-7-15-30(17(2)32)23-14-13-22(31(23)26(21)35)25(34)28-20-11-6-9-18-8-4-5-10-19(18)20/h4-5,8,10,16,20-23,27H,6-7,9,11-15H2,1-3H3,(H,28,34)(H,29,33)/t16-,20+,21-,22?,23?/m0/s1. The van der Waals surface area contributed by atoms with Gasteiger partial charge in [-0.15, -0.1) is 0 Å². The van der Waals surface area contributed by atoms with Crippen LogP contribution in [-0.2, 0) is 25.6 Å². The summed E-state index contributed by atoms with van der Waals surface area (Å²) < 4.78 is 0. The highest BCUT2D eigenvalue weighted by Crippen LogP contribution is 2.33. The van der Waals surface area contributed by atoms with Crippen molar-refractivity contribution in [3.8, 4) is 0 Å². The van der Waals surface area contributed by atoms with Crippen LogP contribution in [0.3, 0.4) is 0 Å². The lowest BCUT2D eigenvalue weighted by atomic mass is 9.87. The van der Waals surface area contributed by atoms with E-state index in [-0.39, 0.29) is 29.7 Å². The van der Waals surface area contributed by atoms with Crippen molar-refractivity contribution in [3.63, 3.8) is 0 Å². The molecule has 0 bridgehead atoms. The van der Waals surface area contributed by atoms with Crippen LogP contribution in [0.1, 0.15) is 69.5 Å². The molecule has 2 aliphatic heterocycles. The summed E-state index contributed by atoms with van der Waals surface area (Å²) in [7, 11) is 1.69. The lowest BCUT2D eigenvalue weighted by molar-refractivity contribution is -0.153. The van der Waals surface area contributed by atoms with Gasteiger partial charge in [-0.2, -0.15) is 0 Å². The number of amides is 4. The molecule has 1 aromatic rings. The SMILES string of the molecule is CN[C@@H](C)C(=O)N[C@H]1CCCN(C(C)=O)C2CCC(C(=O)N[C@@H]3CCCc4ccccc43)N2C1=O. The molecule has 35 heavy (non-hydrogen) atoms. The van der Waals surface area contributed by atoms with E-state index in [1.807, 2.05) is 12.1 Å². The van der Waals surface area contributed by atoms with Gasteiger partial charge in [0.15, 0.2) is 0 Å². The zero-order chi connectivity index (χ0) is 25.1. The predicted molar refractivity (Wildman–Crippen MR) is 131 cm³/mol. The predicted octanol–water partition coefficient (Wildman–Crippen LogP) is 1.23. The summed E-state index contributed by atoms with van der Waals surface area (Å²) in [6.07, 6.45) is 4.41. The summed E-state index contributed by atoms with van der Waals surface area (Å²) in [5, 5.41) is 8.96. The van der Waals surface area contributed by atoms with Crippen LogP contribution in [0.4, 0.5) is 0 Å². The monoisotopic (exact) mass is 483 g/mol. The van der Waals surface area contributed by atoms with Gasteiger partial charge in [0.05, 0.1) is 12.1 Å². The third kappa shape index (κ3) is 5.19. The largest absolute Gasteiger partial charge is 0.347 e. The quantitative estimate of drug-likeness (QED) is 0.584. The van der Waals surface area contributed by atoms with Gasteiger partial charge in [-0.3, -0.25) is 19.2 Å². The van der Waals surface area contributed by atoms with E-state index in [2.05, 4.69) is 28.1 Å². The first-order valence-electron chi connectivity index (χ1n) is 12.8. The highest BCUT2D eigenvalue weighted by Gasteiger charge is 2.47. The Hall–Kier alpha value is -2.94. The van der Waals surface area contributed by atoms with E-state index in [1.165, 1.54) is 12.5 Å². The molecule has 0 radical (unpaired) electrons. The van der Waals surface area contributed by atoms with Crippen LogP contribution in [0.15, 0.2) is 24.3 Å². The van der Waals surface area contributed by atoms with Gasteiger partial charge >= 0.3 is 0 Å². The van der Waals surface area contributed by atoms with Gasteiger partial charge in [0, 0.05) is 13.5 Å². The molecule has 0 spiro atoms. The Morgan fingerprint density at radius 1 is 1.00 bits per heavy atom. The van der Waals surface area contributed by atoms with E-state index < -0.39 is 24.3 Å². The average Bonchev–Trinajstić information content (AvgIpc) is 3.28. The van der Waals surface area contributed by atoms with Crippen LogP contribution < -0.4 is 16.0 Å². The molecule has 1 aliphatic carbocycles. The molecule has 5 atom stereocenters. The first-order valence-corrected chi connectivity index (χ1v) is 12.8. The van der Waals surface area contributed by atoms with E-state index >= 15 is 0 Å². The highest BCUT2D eigenvalue weighted by atomic mass is 16.2. The van der Waals surface area contributed by atoms with Crippen molar-refractivity contribution in [2.24, 2.45) is 0 Å². The number of benzene rings is 1. The molecule has 0 aromatic heterocycles. The lowest BCUT2D eigenvalue weighted by Gasteiger charge is -2.41. The van der Waals surface area contributed by atoms with Crippen molar-refractivity contribution < 1.29 is 19.2 Å². The minimum Gasteiger partial charge on any atom is -0.347 e. The number of fused-ring (bicyclic) bond motifs is 2. The van der Waals surface area contributed by atoms with Gasteiger partial charge in [0.25, 0.3) is 0 Å². The van der Waals surface area contributed by atoms with E-state index in [0.717, 1.165) is 24.8 Å². The summed E-state index contributed by atoms with van der Waals surface area (Å²) in [6, 6.07) is 6.23. The molecule has 4 amide bonds. The summed E-state index contributed by atoms with van der Waals surface area (Å²) in [5.74, 6) is -0.855. The summed E-state index contributed by atoms with van der Waals surface area (Å²) in [6.45, 7) is 3.73. The molecular weight excluding hydrogens is 446 g/mol. The average molecular weight is 484 g/mol. The minimum absolute atomic E-state index is 0.0905. The van der Waals surface area contributed by atoms with Crippen molar-refractivity contribution >= 4 is 23.6 Å². The summed E-state index contributed by atoms with van der Waals surface area (Å²) in [4.78, 5) is 55.6. The maximum Gasteiger partial charge on any atom is 0.247 e. The first kappa shape index (κ1) is 25.2. The van der Waals surface area contributed by atoms with Crippen LogP contribution >= 0.6 is 0 Å². The molecule has 0 saturated carbocycles. The van der Waals surface area contributed by atoms with Gasteiger partial charge in [-0.1, -0.05) is 24.3 Å². The maximum atomic E-state index is 13.8. The second-order valence-electron chi connectivity index (χ2n) is 9.90. The Balaban J connectivity index is 1.57. The van der Waals surface area contributed by atoms with E-state index in [9.17, 15) is 19.2 Å². The van der Waals surface area contributed by atoms with Crippen molar-refractivity contribution in [2.75, 3.05) is 13.6 Å². The third-order valence-electron chi connectivity index (χ3n) is 7.70. The van der Waals surface area contributed by atoms with Gasteiger partial charge in [0.2, 0.25) is 23.6 Å². The van der Waals surface area contributed by atoms with Crippen molar-refractivity contribution in [3.05, 3.63) is 35.4 Å². The molecule has 4 rings (SSSR count). The number of likely N-dealkylation sites (N-methyl/N-ethyl adjacent to an activating group) is 1. The fraction of sp³-hybridized carbons (Fsp3) is 0.615. The van der Waals surface area contributed by atoms with E-state index in [1.54, 1.807) is 23.8 Å². The molecule has 2 saturated heterocycles. The van der Waals surface area contributed by atoms with Crippen molar-refractivity contribution in [2.45, 2.75) is 89.1 Å². The third-order valence-corrected chi connectivity index (χ3v) is 7.70. The van der Waals surface area contributed by atoms with Crippen LogP contribution in [0.5, 0.6) is 0 Å². The Morgan fingerprint density at radius 2 is 1.74 bits per heavy atom. The Bertz CT molecular complexity index is 982. The van der Waals surface area contributed by atoms with Gasteiger partial charge in [-0.25, -0.2) is 0 Å². The van der Waals surface area contributed by atoms with E-state index in [4.69, 9.17) is 0 Å². The second-order valence-corrected chi connectivity index (χ2v) is 9.90. The van der Waals surface area contributed by atoms with Crippen molar-refractivity contribution in [1.29, 1.82) is 0 Å². The number of nitrogens with zero attached hydrogens (tertiary/aromatic N) is 2. The van der Waals surface area contributed by atoms with Gasteiger partial charge in [0.1, 0.15) is 18.2 Å². The number of carbonyl (C=O) groups excluding carboxylic acids is 4. The number of hydrogen-bond donors (Lipinski definition) is 3. The number of nitrogens with one attached hydrogen (secondary N) is 3. The highest BCUT2D eigenvalue weighted by molar-refractivity contribution is 5.94. The normalized spacial score (nSPS) is 27.2. The fourth-order valence-corrected chi connectivity index (χ4v) is 5.68. The van der Waals surface area contributed by atoms with Crippen LogP contribution in [0, 0.1) is 0 Å². The Morgan fingerprint density at radius 3 is 2.49 bits per heavy atom. The number of rotatable bonds is 5. The molecule has 2 heterocycles. The molecule has 9 nitrogen and oxygen atoms in total. The number of aryl methyl sites for hydroxylation is 1. The molecule has 3 N–H and O–H groups in total. The van der Waals surface area contributed by atoms with Crippen LogP contribution in [0.25, 0.3) is 0 Å². The first-order chi connectivity index (χ1) is 16.8. The molecule has 3 aliphatic rings. The maximum absolute atomic E-state index is 13.8. The second kappa shape index (κ2) is 10.8. The molecule has 2 fully saturated rings. The molecule has 2 unspecified atom stereocenters. The molecule has 190 valence electrons.